The molecule has 4 aromatic heterocycles. The molecule has 11 rings (SSSR count). The molecular weight excluding hydrogens is 548 g/mol. The minimum atomic E-state index is 0.956. The monoisotopic (exact) mass is 572 g/mol. The average molecular weight is 573 g/mol. The molecule has 0 spiro atoms. The maximum Gasteiger partial charge on any atom is 0.220 e. The number of para-hydroxylation sites is 4. The number of hydrogen-bond acceptors (Lipinski definition) is 1. The van der Waals surface area contributed by atoms with E-state index in [1.807, 2.05) is 0 Å². The number of benzene rings is 7. The summed E-state index contributed by atoms with van der Waals surface area (Å²) in [7, 11) is 0. The lowest BCUT2D eigenvalue weighted by Gasteiger charge is -2.09. The van der Waals surface area contributed by atoms with Crippen LogP contribution in [0.25, 0.3) is 93.5 Å². The molecule has 0 N–H and O–H groups in total. The summed E-state index contributed by atoms with van der Waals surface area (Å²) in [5.41, 5.74) is 11.7. The first kappa shape index (κ1) is 23.3. The third kappa shape index (κ3) is 2.93. The summed E-state index contributed by atoms with van der Waals surface area (Å²) < 4.78 is 7.12. The van der Waals surface area contributed by atoms with Gasteiger partial charge in [-0.1, -0.05) is 84.9 Å². The van der Waals surface area contributed by atoms with Crippen LogP contribution in [0, 0.1) is 0 Å². The average Bonchev–Trinajstić information content (AvgIpc) is 3.82. The summed E-state index contributed by atoms with van der Waals surface area (Å²) in [4.78, 5) is 5.19. The molecule has 4 heteroatoms. The van der Waals surface area contributed by atoms with Gasteiger partial charge >= 0.3 is 0 Å². The topological polar surface area (TPSA) is 26.6 Å². The first-order valence-electron chi connectivity index (χ1n) is 15.4. The van der Waals surface area contributed by atoms with Crippen molar-refractivity contribution in [3.05, 3.63) is 146 Å². The predicted molar refractivity (Wildman–Crippen MR) is 187 cm³/mol. The smallest absolute Gasteiger partial charge is 0.220 e. The van der Waals surface area contributed by atoms with E-state index in [1.165, 1.54) is 76.7 Å². The van der Waals surface area contributed by atoms with Crippen LogP contribution in [0.1, 0.15) is 0 Å². The van der Waals surface area contributed by atoms with E-state index >= 15 is 0 Å². The van der Waals surface area contributed by atoms with Gasteiger partial charge in [-0.3, -0.25) is 8.80 Å². The number of hydrogen-bond donors (Lipinski definition) is 0. The van der Waals surface area contributed by atoms with E-state index in [9.17, 15) is 0 Å². The summed E-state index contributed by atoms with van der Waals surface area (Å²) >= 11 is 0. The number of nitrogens with zero attached hydrogens (tertiary/aromatic N) is 4. The Kier molecular flexibility index (Phi) is 4.29. The van der Waals surface area contributed by atoms with Crippen molar-refractivity contribution in [1.29, 1.82) is 0 Å². The SMILES string of the molecule is c1ccc(-n2c3ccccc3c3c(-c4cc5c6cc7ccccc7cc6n6c5c(c4)n4c5ccccc5nc46)cccc32)cc1. The Hall–Kier alpha value is -6.13. The van der Waals surface area contributed by atoms with Gasteiger partial charge in [-0.2, -0.15) is 0 Å². The largest absolute Gasteiger partial charge is 0.309 e. The molecule has 0 amide bonds. The van der Waals surface area contributed by atoms with Crippen molar-refractivity contribution in [2.24, 2.45) is 0 Å². The molecule has 0 bridgehead atoms. The van der Waals surface area contributed by atoms with Crippen LogP contribution in [0.4, 0.5) is 0 Å². The third-order valence-corrected chi connectivity index (χ3v) is 9.72. The van der Waals surface area contributed by atoms with Gasteiger partial charge in [0.15, 0.2) is 0 Å². The number of imidazole rings is 2. The van der Waals surface area contributed by atoms with E-state index in [0.717, 1.165) is 16.8 Å². The van der Waals surface area contributed by atoms with Crippen LogP contribution in [0.3, 0.4) is 0 Å². The minimum absolute atomic E-state index is 0.956. The van der Waals surface area contributed by atoms with Crippen LogP contribution in [0.5, 0.6) is 0 Å². The molecule has 7 aromatic carbocycles. The molecule has 0 aliphatic rings. The molecule has 0 fully saturated rings. The van der Waals surface area contributed by atoms with Gasteiger partial charge in [0.25, 0.3) is 0 Å². The fourth-order valence-corrected chi connectivity index (χ4v) is 7.86. The predicted octanol–water partition coefficient (Wildman–Crippen LogP) is 10.4. The molecule has 11 aromatic rings. The lowest BCUT2D eigenvalue weighted by Crippen LogP contribution is -1.93. The van der Waals surface area contributed by atoms with Gasteiger partial charge in [-0.25, -0.2) is 4.98 Å². The molecule has 0 saturated carbocycles. The molecular formula is C41H24N4. The lowest BCUT2D eigenvalue weighted by atomic mass is 9.97. The molecule has 0 aliphatic carbocycles. The molecule has 0 saturated heterocycles. The van der Waals surface area contributed by atoms with Crippen molar-refractivity contribution in [2.45, 2.75) is 0 Å². The van der Waals surface area contributed by atoms with E-state index < -0.39 is 0 Å². The zero-order valence-corrected chi connectivity index (χ0v) is 24.1. The van der Waals surface area contributed by atoms with Gasteiger partial charge in [-0.05, 0) is 82.6 Å². The Balaban J connectivity index is 1.33. The van der Waals surface area contributed by atoms with E-state index in [4.69, 9.17) is 4.98 Å². The molecule has 0 unspecified atom stereocenters. The van der Waals surface area contributed by atoms with E-state index in [2.05, 4.69) is 159 Å². The van der Waals surface area contributed by atoms with Gasteiger partial charge in [0.2, 0.25) is 5.78 Å². The van der Waals surface area contributed by atoms with Gasteiger partial charge in [0.1, 0.15) is 0 Å². The van der Waals surface area contributed by atoms with Gasteiger partial charge in [-0.15, -0.1) is 0 Å². The summed E-state index contributed by atoms with van der Waals surface area (Å²) in [6, 6.07) is 52.8. The maximum absolute atomic E-state index is 5.19. The van der Waals surface area contributed by atoms with Crippen LogP contribution in [-0.2, 0) is 0 Å². The number of fused-ring (bicyclic) bond motifs is 12. The second kappa shape index (κ2) is 8.28. The van der Waals surface area contributed by atoms with Crippen LogP contribution >= 0.6 is 0 Å². The van der Waals surface area contributed by atoms with Gasteiger partial charge in [0.05, 0.1) is 38.6 Å². The quantitative estimate of drug-likeness (QED) is 0.202. The molecule has 0 aliphatic heterocycles. The molecule has 0 atom stereocenters. The number of aromatic nitrogens is 4. The Bertz CT molecular complexity index is 2970. The van der Waals surface area contributed by atoms with Crippen molar-refractivity contribution >= 4 is 76.7 Å². The Morgan fingerprint density at radius 1 is 0.444 bits per heavy atom. The highest BCUT2D eigenvalue weighted by Gasteiger charge is 2.23. The second-order valence-corrected chi connectivity index (χ2v) is 12.1. The van der Waals surface area contributed by atoms with Crippen molar-refractivity contribution in [1.82, 2.24) is 18.4 Å². The fourth-order valence-electron chi connectivity index (χ4n) is 7.86. The van der Waals surface area contributed by atoms with Crippen molar-refractivity contribution in [2.75, 3.05) is 0 Å². The van der Waals surface area contributed by atoms with Crippen LogP contribution in [-0.4, -0.2) is 18.4 Å². The summed E-state index contributed by atoms with van der Waals surface area (Å²) in [6.07, 6.45) is 0. The molecule has 45 heavy (non-hydrogen) atoms. The Labute approximate surface area is 256 Å². The molecule has 0 radical (unpaired) electrons. The first-order chi connectivity index (χ1) is 22.3. The van der Waals surface area contributed by atoms with Gasteiger partial charge in [0, 0.05) is 27.2 Å². The maximum atomic E-state index is 5.19. The fraction of sp³-hybridized carbons (Fsp3) is 0. The van der Waals surface area contributed by atoms with E-state index in [1.54, 1.807) is 0 Å². The first-order valence-corrected chi connectivity index (χ1v) is 15.4. The molecule has 4 heterocycles. The zero-order chi connectivity index (χ0) is 29.2. The highest BCUT2D eigenvalue weighted by Crippen LogP contribution is 2.44. The zero-order valence-electron chi connectivity index (χ0n) is 24.1. The number of rotatable bonds is 2. The standard InChI is InChI=1S/C41H24N4/c1-2-13-28(14-3-1)43-34-18-8-6-15-30(34)39-29(16-10-20-36(39)43)27-22-32-31-21-25-11-4-5-12-26(25)23-37(31)45-40(32)38(24-27)44-35-19-9-7-17-33(35)42-41(44)45/h1-24H. The normalized spacial score (nSPS) is 12.4. The summed E-state index contributed by atoms with van der Waals surface area (Å²) in [6.45, 7) is 0. The second-order valence-electron chi connectivity index (χ2n) is 12.1. The third-order valence-electron chi connectivity index (χ3n) is 9.72. The minimum Gasteiger partial charge on any atom is -0.309 e. The highest BCUT2D eigenvalue weighted by atomic mass is 15.2. The van der Waals surface area contributed by atoms with E-state index in [0.29, 0.717) is 0 Å². The van der Waals surface area contributed by atoms with Crippen molar-refractivity contribution in [3.8, 4) is 16.8 Å². The van der Waals surface area contributed by atoms with E-state index in [-0.39, 0.29) is 0 Å². The summed E-state index contributed by atoms with van der Waals surface area (Å²) in [5, 5.41) is 7.51. The molecule has 208 valence electrons. The Morgan fingerprint density at radius 3 is 2.07 bits per heavy atom. The van der Waals surface area contributed by atoms with Crippen molar-refractivity contribution < 1.29 is 0 Å². The van der Waals surface area contributed by atoms with Crippen LogP contribution in [0.2, 0.25) is 0 Å². The van der Waals surface area contributed by atoms with Crippen LogP contribution in [0.15, 0.2) is 146 Å². The Morgan fingerprint density at radius 2 is 1.18 bits per heavy atom. The van der Waals surface area contributed by atoms with Gasteiger partial charge < -0.3 is 4.57 Å². The lowest BCUT2D eigenvalue weighted by molar-refractivity contribution is 1.18. The summed E-state index contributed by atoms with van der Waals surface area (Å²) in [5.74, 6) is 0.956. The van der Waals surface area contributed by atoms with Crippen molar-refractivity contribution in [3.63, 3.8) is 0 Å². The molecule has 4 nitrogen and oxygen atoms in total. The highest BCUT2D eigenvalue weighted by molar-refractivity contribution is 6.22. The van der Waals surface area contributed by atoms with Crippen LogP contribution < -0.4 is 0 Å².